The first-order chi connectivity index (χ1) is 14.0. The van der Waals surface area contributed by atoms with E-state index in [1.807, 2.05) is 30.3 Å². The molecule has 0 unspecified atom stereocenters. The molecule has 3 rings (SSSR count). The molecule has 0 saturated heterocycles. The normalized spacial score (nSPS) is 11.9. The van der Waals surface area contributed by atoms with Crippen molar-refractivity contribution >= 4 is 16.9 Å². The average Bonchev–Trinajstić information content (AvgIpc) is 2.74. The fourth-order valence-electron chi connectivity index (χ4n) is 3.30. The topological polar surface area (TPSA) is 98.0 Å². The number of aryl methyl sites for hydroxylation is 1. The van der Waals surface area contributed by atoms with Crippen LogP contribution in [0, 0.1) is 6.92 Å². The first-order valence-electron chi connectivity index (χ1n) is 9.12. The molecular formula is C22H23NO6. The number of amides is 1. The highest BCUT2D eigenvalue weighted by molar-refractivity contribution is 5.90. The maximum atomic E-state index is 12.6. The molecule has 2 N–H and O–H groups in total. The number of nitrogens with one attached hydrogen (secondary N) is 1. The van der Waals surface area contributed by atoms with E-state index in [1.54, 1.807) is 19.1 Å². The third-order valence-corrected chi connectivity index (χ3v) is 4.85. The second-order valence-electron chi connectivity index (χ2n) is 6.56. The number of methoxy groups -OCH3 is 2. The van der Waals surface area contributed by atoms with Gasteiger partial charge in [0, 0.05) is 5.39 Å². The number of hydrogen-bond donors (Lipinski definition) is 2. The van der Waals surface area contributed by atoms with Gasteiger partial charge in [-0.1, -0.05) is 30.3 Å². The van der Waals surface area contributed by atoms with E-state index in [9.17, 15) is 14.7 Å². The van der Waals surface area contributed by atoms with Crippen LogP contribution in [0.15, 0.2) is 51.7 Å². The van der Waals surface area contributed by atoms with Crippen LogP contribution in [0.25, 0.3) is 11.0 Å². The molecule has 7 heteroatoms. The van der Waals surface area contributed by atoms with Crippen molar-refractivity contribution in [2.45, 2.75) is 19.4 Å². The smallest absolute Gasteiger partial charge is 0.340 e. The molecule has 152 valence electrons. The number of carbonyl (C=O) groups is 1. The molecule has 0 spiro atoms. The third-order valence-electron chi connectivity index (χ3n) is 4.85. The lowest BCUT2D eigenvalue weighted by atomic mass is 10.0. The van der Waals surface area contributed by atoms with Crippen LogP contribution < -0.4 is 20.4 Å². The number of rotatable bonds is 7. The van der Waals surface area contributed by atoms with Crippen molar-refractivity contribution in [3.8, 4) is 11.5 Å². The van der Waals surface area contributed by atoms with Crippen molar-refractivity contribution in [1.29, 1.82) is 0 Å². The summed E-state index contributed by atoms with van der Waals surface area (Å²) in [4.78, 5) is 25.2. The van der Waals surface area contributed by atoms with E-state index in [4.69, 9.17) is 13.9 Å². The minimum Gasteiger partial charge on any atom is -0.493 e. The van der Waals surface area contributed by atoms with Gasteiger partial charge in [-0.2, -0.15) is 0 Å². The predicted molar refractivity (Wildman–Crippen MR) is 108 cm³/mol. The van der Waals surface area contributed by atoms with E-state index in [0.29, 0.717) is 22.4 Å². The van der Waals surface area contributed by atoms with Gasteiger partial charge < -0.3 is 24.3 Å². The van der Waals surface area contributed by atoms with E-state index in [2.05, 4.69) is 5.32 Å². The molecule has 0 radical (unpaired) electrons. The maximum Gasteiger partial charge on any atom is 0.340 e. The Balaban J connectivity index is 1.92. The van der Waals surface area contributed by atoms with E-state index in [1.165, 1.54) is 14.2 Å². The minimum absolute atomic E-state index is 0.165. The van der Waals surface area contributed by atoms with Crippen LogP contribution in [0.2, 0.25) is 0 Å². The Morgan fingerprint density at radius 2 is 1.86 bits per heavy atom. The summed E-state index contributed by atoms with van der Waals surface area (Å²) in [5, 5.41) is 13.1. The molecule has 7 nitrogen and oxygen atoms in total. The van der Waals surface area contributed by atoms with Gasteiger partial charge in [0.2, 0.25) is 11.7 Å². The van der Waals surface area contributed by atoms with Gasteiger partial charge in [0.05, 0.1) is 38.9 Å². The van der Waals surface area contributed by atoms with Crippen molar-refractivity contribution in [2.75, 3.05) is 20.8 Å². The van der Waals surface area contributed by atoms with Gasteiger partial charge in [-0.3, -0.25) is 4.79 Å². The monoisotopic (exact) mass is 397 g/mol. The van der Waals surface area contributed by atoms with E-state index < -0.39 is 11.7 Å². The second-order valence-corrected chi connectivity index (χ2v) is 6.56. The van der Waals surface area contributed by atoms with Crippen molar-refractivity contribution in [3.05, 3.63) is 69.6 Å². The Labute approximate surface area is 167 Å². The van der Waals surface area contributed by atoms with Gasteiger partial charge in [0.15, 0.2) is 11.3 Å². The molecule has 1 amide bonds. The summed E-state index contributed by atoms with van der Waals surface area (Å²) >= 11 is 0. The maximum absolute atomic E-state index is 12.6. The molecule has 1 heterocycles. The summed E-state index contributed by atoms with van der Waals surface area (Å²) in [7, 11) is 2.96. The number of fused-ring (bicyclic) bond motifs is 1. The summed E-state index contributed by atoms with van der Waals surface area (Å²) in [6.07, 6.45) is -0.165. The highest BCUT2D eigenvalue weighted by Gasteiger charge is 2.21. The van der Waals surface area contributed by atoms with Crippen LogP contribution in [-0.2, 0) is 11.2 Å². The first-order valence-corrected chi connectivity index (χ1v) is 9.12. The molecule has 0 aliphatic carbocycles. The van der Waals surface area contributed by atoms with E-state index in [0.717, 1.165) is 5.56 Å². The highest BCUT2D eigenvalue weighted by atomic mass is 16.5. The highest BCUT2D eigenvalue weighted by Crippen LogP contribution is 2.36. The van der Waals surface area contributed by atoms with Crippen molar-refractivity contribution in [3.63, 3.8) is 0 Å². The van der Waals surface area contributed by atoms with Gasteiger partial charge in [-0.25, -0.2) is 4.79 Å². The van der Waals surface area contributed by atoms with Gasteiger partial charge in [-0.15, -0.1) is 0 Å². The summed E-state index contributed by atoms with van der Waals surface area (Å²) in [6, 6.07) is 12.1. The quantitative estimate of drug-likeness (QED) is 0.595. The van der Waals surface area contributed by atoms with Crippen LogP contribution in [-0.4, -0.2) is 31.8 Å². The number of hydrogen-bond acceptors (Lipinski definition) is 6. The average molecular weight is 397 g/mol. The van der Waals surface area contributed by atoms with Crippen LogP contribution in [0.1, 0.15) is 22.7 Å². The zero-order chi connectivity index (χ0) is 21.0. The summed E-state index contributed by atoms with van der Waals surface area (Å²) in [5.41, 5.74) is 1.33. The van der Waals surface area contributed by atoms with Gasteiger partial charge >= 0.3 is 5.63 Å². The lowest BCUT2D eigenvalue weighted by Crippen LogP contribution is -2.33. The van der Waals surface area contributed by atoms with Crippen molar-refractivity contribution in [2.24, 2.45) is 0 Å². The van der Waals surface area contributed by atoms with Crippen LogP contribution in [0.3, 0.4) is 0 Å². The summed E-state index contributed by atoms with van der Waals surface area (Å²) in [6.45, 7) is 1.51. The zero-order valence-corrected chi connectivity index (χ0v) is 16.5. The lowest BCUT2D eigenvalue weighted by molar-refractivity contribution is -0.121. The van der Waals surface area contributed by atoms with Crippen molar-refractivity contribution < 1.29 is 23.8 Å². The Bertz CT molecular complexity index is 1070. The summed E-state index contributed by atoms with van der Waals surface area (Å²) < 4.78 is 16.0. The number of benzene rings is 2. The number of ether oxygens (including phenoxy) is 2. The van der Waals surface area contributed by atoms with Crippen molar-refractivity contribution in [1.82, 2.24) is 5.32 Å². The number of aliphatic hydroxyl groups is 1. The molecule has 0 aliphatic rings. The fourth-order valence-corrected chi connectivity index (χ4v) is 3.30. The van der Waals surface area contributed by atoms with Crippen LogP contribution in [0.5, 0.6) is 11.5 Å². The SMILES string of the molecule is COc1ccc2c(C)c(CC(=O)N[C@H](CO)c3ccccc3)c(=O)oc2c1OC. The zero-order valence-electron chi connectivity index (χ0n) is 16.5. The minimum atomic E-state index is -0.614. The summed E-state index contributed by atoms with van der Waals surface area (Å²) in [5.74, 6) is 0.385. The standard InChI is InChI=1S/C22H23NO6/c1-13-15-9-10-18(27-2)21(28-3)20(15)29-22(26)16(13)11-19(25)23-17(12-24)14-7-5-4-6-8-14/h4-10,17,24H,11-12H2,1-3H3,(H,23,25)/t17-/m1/s1. The number of aliphatic hydroxyl groups excluding tert-OH is 1. The third kappa shape index (κ3) is 4.09. The van der Waals surface area contributed by atoms with Crippen LogP contribution in [0.4, 0.5) is 0 Å². The molecular weight excluding hydrogens is 374 g/mol. The Kier molecular flexibility index (Phi) is 6.19. The second kappa shape index (κ2) is 8.79. The Morgan fingerprint density at radius 1 is 1.14 bits per heavy atom. The van der Waals surface area contributed by atoms with E-state index >= 15 is 0 Å². The molecule has 0 saturated carbocycles. The lowest BCUT2D eigenvalue weighted by Gasteiger charge is -2.17. The molecule has 2 aromatic carbocycles. The molecule has 1 atom stereocenters. The number of carbonyl (C=O) groups excluding carboxylic acids is 1. The van der Waals surface area contributed by atoms with Gasteiger partial charge in [0.25, 0.3) is 0 Å². The molecule has 29 heavy (non-hydrogen) atoms. The van der Waals surface area contributed by atoms with Crippen LogP contribution >= 0.6 is 0 Å². The first kappa shape index (κ1) is 20.4. The molecule has 0 aliphatic heterocycles. The van der Waals surface area contributed by atoms with E-state index in [-0.39, 0.29) is 30.1 Å². The Morgan fingerprint density at radius 3 is 2.48 bits per heavy atom. The molecule has 0 fully saturated rings. The Hall–Kier alpha value is -3.32. The largest absolute Gasteiger partial charge is 0.493 e. The van der Waals surface area contributed by atoms with Gasteiger partial charge in [-0.05, 0) is 30.2 Å². The predicted octanol–water partition coefficient (Wildman–Crippen LogP) is 2.51. The molecule has 1 aromatic heterocycles. The van der Waals surface area contributed by atoms with Gasteiger partial charge in [0.1, 0.15) is 0 Å². The molecule has 3 aromatic rings. The molecule has 0 bridgehead atoms. The fraction of sp³-hybridized carbons (Fsp3) is 0.273.